The van der Waals surface area contributed by atoms with Gasteiger partial charge in [0.05, 0.1) is 4.90 Å². The van der Waals surface area contributed by atoms with Crippen molar-refractivity contribution in [1.29, 1.82) is 0 Å². The highest BCUT2D eigenvalue weighted by Gasteiger charge is 2.18. The van der Waals surface area contributed by atoms with Crippen molar-refractivity contribution in [2.24, 2.45) is 0 Å². The molecule has 3 aromatic rings. The molecule has 0 aliphatic carbocycles. The lowest BCUT2D eigenvalue weighted by Gasteiger charge is -2.12. The molecule has 2 aromatic carbocycles. The molecule has 3 rings (SSSR count). The molecular formula is C19H19N3O4S. The number of hydrogen-bond acceptors (Lipinski definition) is 6. The molecule has 1 aromatic heterocycles. The van der Waals surface area contributed by atoms with Crippen LogP contribution in [-0.4, -0.2) is 31.6 Å². The van der Waals surface area contributed by atoms with E-state index < -0.39 is 10.0 Å². The number of sulfonamides is 1. The summed E-state index contributed by atoms with van der Waals surface area (Å²) in [7, 11) is -3.79. The summed E-state index contributed by atoms with van der Waals surface area (Å²) in [4.78, 5) is 8.21. The number of anilines is 1. The number of hydrogen-bond donors (Lipinski definition) is 1. The molecule has 1 heterocycles. The molecule has 1 N–H and O–H groups in total. The van der Waals surface area contributed by atoms with Gasteiger partial charge in [0, 0.05) is 12.4 Å². The van der Waals surface area contributed by atoms with Crippen molar-refractivity contribution in [2.75, 3.05) is 17.9 Å². The van der Waals surface area contributed by atoms with E-state index in [0.717, 1.165) is 11.3 Å². The van der Waals surface area contributed by atoms with Gasteiger partial charge < -0.3 is 9.47 Å². The maximum absolute atomic E-state index is 12.5. The van der Waals surface area contributed by atoms with Crippen LogP contribution < -0.4 is 14.2 Å². The van der Waals surface area contributed by atoms with Gasteiger partial charge in [0.2, 0.25) is 5.82 Å². The molecule has 140 valence electrons. The second-order valence-electron chi connectivity index (χ2n) is 5.64. The molecule has 0 saturated heterocycles. The highest BCUT2D eigenvalue weighted by atomic mass is 32.2. The van der Waals surface area contributed by atoms with Crippen molar-refractivity contribution in [2.45, 2.75) is 11.8 Å². The Morgan fingerprint density at radius 1 is 0.889 bits per heavy atom. The van der Waals surface area contributed by atoms with Gasteiger partial charge in [0.15, 0.2) is 0 Å². The predicted molar refractivity (Wildman–Crippen MR) is 101 cm³/mol. The second kappa shape index (κ2) is 8.50. The van der Waals surface area contributed by atoms with E-state index in [4.69, 9.17) is 9.47 Å². The van der Waals surface area contributed by atoms with Crippen molar-refractivity contribution >= 4 is 15.8 Å². The Morgan fingerprint density at radius 2 is 1.56 bits per heavy atom. The Hall–Kier alpha value is -3.13. The summed E-state index contributed by atoms with van der Waals surface area (Å²) in [6.07, 6.45) is 2.82. The largest absolute Gasteiger partial charge is 0.490 e. The van der Waals surface area contributed by atoms with E-state index in [9.17, 15) is 8.42 Å². The maximum atomic E-state index is 12.5. The van der Waals surface area contributed by atoms with Crippen molar-refractivity contribution in [3.8, 4) is 11.6 Å². The second-order valence-corrected chi connectivity index (χ2v) is 7.32. The summed E-state index contributed by atoms with van der Waals surface area (Å²) in [5, 5.41) is 0. The van der Waals surface area contributed by atoms with Gasteiger partial charge in [-0.1, -0.05) is 35.9 Å². The first-order valence-corrected chi connectivity index (χ1v) is 9.74. The van der Waals surface area contributed by atoms with Crippen LogP contribution in [0.25, 0.3) is 0 Å². The minimum Gasteiger partial charge on any atom is -0.490 e. The number of rotatable bonds is 8. The summed E-state index contributed by atoms with van der Waals surface area (Å²) in [6.45, 7) is 2.35. The third kappa shape index (κ3) is 5.18. The zero-order chi connectivity index (χ0) is 19.1. The normalized spacial score (nSPS) is 11.0. The Kier molecular flexibility index (Phi) is 5.87. The molecule has 0 amide bonds. The van der Waals surface area contributed by atoms with Crippen LogP contribution >= 0.6 is 0 Å². The van der Waals surface area contributed by atoms with E-state index in [-0.39, 0.29) is 29.8 Å². The van der Waals surface area contributed by atoms with Crippen LogP contribution in [0.4, 0.5) is 5.82 Å². The molecular weight excluding hydrogens is 366 g/mol. The number of aryl methyl sites for hydroxylation is 1. The van der Waals surface area contributed by atoms with Gasteiger partial charge in [-0.2, -0.15) is 0 Å². The topological polar surface area (TPSA) is 90.4 Å². The minimum absolute atomic E-state index is 0.0257. The van der Waals surface area contributed by atoms with Gasteiger partial charge in [-0.15, -0.1) is 0 Å². The average molecular weight is 385 g/mol. The number of nitrogens with zero attached hydrogens (tertiary/aromatic N) is 2. The Labute approximate surface area is 158 Å². The predicted octanol–water partition coefficient (Wildman–Crippen LogP) is 3.04. The molecule has 0 atom stereocenters. The van der Waals surface area contributed by atoms with Gasteiger partial charge in [-0.3, -0.25) is 4.72 Å². The molecule has 27 heavy (non-hydrogen) atoms. The van der Waals surface area contributed by atoms with Crippen LogP contribution in [0.3, 0.4) is 0 Å². The summed E-state index contributed by atoms with van der Waals surface area (Å²) in [5.41, 5.74) is 0.968. The lowest BCUT2D eigenvalue weighted by atomic mass is 10.2. The Balaban J connectivity index is 1.64. The number of para-hydroxylation sites is 1. The molecule has 0 saturated carbocycles. The summed E-state index contributed by atoms with van der Waals surface area (Å²) >= 11 is 0. The first kappa shape index (κ1) is 18.7. The molecule has 0 unspecified atom stereocenters. The molecule has 0 radical (unpaired) electrons. The first-order valence-electron chi connectivity index (χ1n) is 8.26. The summed E-state index contributed by atoms with van der Waals surface area (Å²) < 4.78 is 38.5. The number of nitrogens with one attached hydrogen (secondary N) is 1. The van der Waals surface area contributed by atoms with Crippen LogP contribution in [0.15, 0.2) is 71.9 Å². The first-order chi connectivity index (χ1) is 13.0. The fraction of sp³-hybridized carbons (Fsp3) is 0.158. The fourth-order valence-corrected chi connectivity index (χ4v) is 3.23. The quantitative estimate of drug-likeness (QED) is 0.600. The fourth-order valence-electron chi connectivity index (χ4n) is 2.22. The zero-order valence-corrected chi connectivity index (χ0v) is 15.5. The van der Waals surface area contributed by atoms with Crippen LogP contribution in [-0.2, 0) is 10.0 Å². The van der Waals surface area contributed by atoms with Gasteiger partial charge in [-0.05, 0) is 31.2 Å². The van der Waals surface area contributed by atoms with E-state index in [0.29, 0.717) is 0 Å². The summed E-state index contributed by atoms with van der Waals surface area (Å²) in [6, 6.07) is 15.8. The van der Waals surface area contributed by atoms with Crippen LogP contribution in [0.2, 0.25) is 0 Å². The highest BCUT2D eigenvalue weighted by Crippen LogP contribution is 2.22. The van der Waals surface area contributed by atoms with Gasteiger partial charge in [0.25, 0.3) is 15.9 Å². The van der Waals surface area contributed by atoms with E-state index in [1.807, 2.05) is 37.3 Å². The SMILES string of the molecule is Cc1ccc(S(=O)(=O)Nc2nccnc2OCCOc2ccccc2)cc1. The van der Waals surface area contributed by atoms with Crippen LogP contribution in [0.5, 0.6) is 11.6 Å². The van der Waals surface area contributed by atoms with Gasteiger partial charge in [-0.25, -0.2) is 18.4 Å². The maximum Gasteiger partial charge on any atom is 0.263 e. The Morgan fingerprint density at radius 3 is 2.30 bits per heavy atom. The lowest BCUT2D eigenvalue weighted by Crippen LogP contribution is -2.16. The van der Waals surface area contributed by atoms with E-state index in [1.165, 1.54) is 24.5 Å². The highest BCUT2D eigenvalue weighted by molar-refractivity contribution is 7.92. The standard InChI is InChI=1S/C19H19N3O4S/c1-15-7-9-17(10-8-15)27(23,24)22-18-19(21-12-11-20-18)26-14-13-25-16-5-3-2-4-6-16/h2-12H,13-14H2,1H3,(H,20,22). The molecule has 7 nitrogen and oxygen atoms in total. The third-order valence-corrected chi connectivity index (χ3v) is 4.92. The summed E-state index contributed by atoms with van der Waals surface area (Å²) in [5.74, 6) is 0.836. The molecule has 0 fully saturated rings. The third-order valence-electron chi connectivity index (χ3n) is 3.56. The molecule has 0 spiro atoms. The van der Waals surface area contributed by atoms with E-state index in [2.05, 4.69) is 14.7 Å². The number of aromatic nitrogens is 2. The monoisotopic (exact) mass is 385 g/mol. The Bertz CT molecular complexity index is 977. The zero-order valence-electron chi connectivity index (χ0n) is 14.7. The molecule has 0 aliphatic rings. The van der Waals surface area contributed by atoms with Gasteiger partial charge in [0.1, 0.15) is 19.0 Å². The van der Waals surface area contributed by atoms with E-state index in [1.54, 1.807) is 12.1 Å². The van der Waals surface area contributed by atoms with Crippen molar-refractivity contribution < 1.29 is 17.9 Å². The molecule has 0 aliphatic heterocycles. The smallest absolute Gasteiger partial charge is 0.263 e. The van der Waals surface area contributed by atoms with Crippen molar-refractivity contribution in [1.82, 2.24) is 9.97 Å². The van der Waals surface area contributed by atoms with Crippen LogP contribution in [0.1, 0.15) is 5.56 Å². The van der Waals surface area contributed by atoms with Crippen molar-refractivity contribution in [3.63, 3.8) is 0 Å². The lowest BCUT2D eigenvalue weighted by molar-refractivity contribution is 0.212. The molecule has 8 heteroatoms. The molecule has 0 bridgehead atoms. The van der Waals surface area contributed by atoms with Crippen molar-refractivity contribution in [3.05, 3.63) is 72.6 Å². The number of benzene rings is 2. The number of ether oxygens (including phenoxy) is 2. The minimum atomic E-state index is -3.79. The average Bonchev–Trinajstić information content (AvgIpc) is 2.67. The van der Waals surface area contributed by atoms with Gasteiger partial charge >= 0.3 is 0 Å². The van der Waals surface area contributed by atoms with E-state index >= 15 is 0 Å². The van der Waals surface area contributed by atoms with Crippen LogP contribution in [0, 0.1) is 6.92 Å².